The Balaban J connectivity index is 1.87. The van der Waals surface area contributed by atoms with Crippen LogP contribution in [0.5, 0.6) is 0 Å². The average Bonchev–Trinajstić information content (AvgIpc) is 2.72. The first-order valence-electron chi connectivity index (χ1n) is 9.32. The Morgan fingerprint density at radius 2 is 1.52 bits per heavy atom. The Morgan fingerprint density at radius 1 is 0.897 bits per heavy atom. The van der Waals surface area contributed by atoms with Crippen LogP contribution in [0.4, 0.5) is 11.4 Å². The summed E-state index contributed by atoms with van der Waals surface area (Å²) in [5, 5.41) is 2.90. The average molecular weight is 409 g/mol. The van der Waals surface area contributed by atoms with Crippen molar-refractivity contribution in [3.63, 3.8) is 0 Å². The molecule has 3 aromatic rings. The normalized spacial score (nSPS) is 11.1. The molecule has 0 aliphatic heterocycles. The second kappa shape index (κ2) is 8.92. The van der Waals surface area contributed by atoms with Gasteiger partial charge in [0.15, 0.2) is 0 Å². The Labute approximate surface area is 172 Å². The van der Waals surface area contributed by atoms with Crippen LogP contribution in [0.15, 0.2) is 78.9 Å². The molecule has 0 aliphatic carbocycles. The Morgan fingerprint density at radius 3 is 2.14 bits per heavy atom. The third kappa shape index (κ3) is 5.45. The van der Waals surface area contributed by atoms with Gasteiger partial charge in [-0.05, 0) is 35.2 Å². The lowest BCUT2D eigenvalue weighted by molar-refractivity contribution is -0.116. The van der Waals surface area contributed by atoms with Crippen molar-refractivity contribution >= 4 is 27.3 Å². The molecule has 150 valence electrons. The first kappa shape index (κ1) is 20.6. The molecule has 0 atom stereocenters. The highest BCUT2D eigenvalue weighted by molar-refractivity contribution is 7.92. The molecule has 0 fully saturated rings. The summed E-state index contributed by atoms with van der Waals surface area (Å²) in [6.07, 6.45) is 2.06. The third-order valence-corrected chi connectivity index (χ3v) is 5.89. The Bertz CT molecular complexity index is 1080. The number of anilines is 2. The molecule has 6 heteroatoms. The molecule has 0 aliphatic rings. The summed E-state index contributed by atoms with van der Waals surface area (Å²) < 4.78 is 25.3. The molecular formula is C23H24N2O3S. The van der Waals surface area contributed by atoms with E-state index >= 15 is 0 Å². The molecule has 0 spiro atoms. The summed E-state index contributed by atoms with van der Waals surface area (Å²) in [4.78, 5) is 12.6. The highest BCUT2D eigenvalue weighted by atomic mass is 32.2. The quantitative estimate of drug-likeness (QED) is 0.633. The minimum atomic E-state index is -3.46. The minimum absolute atomic E-state index is 0.165. The van der Waals surface area contributed by atoms with Crippen LogP contribution in [-0.2, 0) is 21.2 Å². The van der Waals surface area contributed by atoms with Crippen molar-refractivity contribution in [1.29, 1.82) is 0 Å². The molecule has 0 bridgehead atoms. The van der Waals surface area contributed by atoms with Gasteiger partial charge in [-0.2, -0.15) is 0 Å². The Kier molecular flexibility index (Phi) is 6.34. The molecule has 0 aromatic heterocycles. The minimum Gasteiger partial charge on any atom is -0.324 e. The zero-order valence-corrected chi connectivity index (χ0v) is 17.3. The SMILES string of the molecule is CN(c1ccc(-c2ccccc2)cc1NC(=O)CCc1ccccc1)S(C)(=O)=O. The van der Waals surface area contributed by atoms with Crippen LogP contribution >= 0.6 is 0 Å². The molecule has 1 N–H and O–H groups in total. The number of amides is 1. The summed E-state index contributed by atoms with van der Waals surface area (Å²) in [6, 6.07) is 24.9. The molecule has 0 unspecified atom stereocenters. The van der Waals surface area contributed by atoms with Crippen molar-refractivity contribution in [3.8, 4) is 11.1 Å². The van der Waals surface area contributed by atoms with Crippen LogP contribution in [0.3, 0.4) is 0 Å². The molecule has 0 heterocycles. The van der Waals surface area contributed by atoms with Gasteiger partial charge < -0.3 is 5.32 Å². The number of carbonyl (C=O) groups is 1. The van der Waals surface area contributed by atoms with E-state index in [0.717, 1.165) is 22.9 Å². The smallest absolute Gasteiger partial charge is 0.232 e. The van der Waals surface area contributed by atoms with E-state index < -0.39 is 10.0 Å². The fourth-order valence-corrected chi connectivity index (χ4v) is 3.53. The van der Waals surface area contributed by atoms with E-state index in [1.807, 2.05) is 72.8 Å². The van der Waals surface area contributed by atoms with Crippen molar-refractivity contribution in [2.75, 3.05) is 22.9 Å². The summed E-state index contributed by atoms with van der Waals surface area (Å²) in [6.45, 7) is 0. The van der Waals surface area contributed by atoms with Crippen LogP contribution in [0.25, 0.3) is 11.1 Å². The van der Waals surface area contributed by atoms with E-state index in [1.165, 1.54) is 11.4 Å². The largest absolute Gasteiger partial charge is 0.324 e. The molecule has 0 radical (unpaired) electrons. The van der Waals surface area contributed by atoms with Gasteiger partial charge in [-0.3, -0.25) is 9.10 Å². The molecule has 0 saturated carbocycles. The van der Waals surface area contributed by atoms with Gasteiger partial charge in [-0.1, -0.05) is 66.7 Å². The summed E-state index contributed by atoms with van der Waals surface area (Å²) in [7, 11) is -1.99. The van der Waals surface area contributed by atoms with Crippen LogP contribution in [0.1, 0.15) is 12.0 Å². The predicted octanol–water partition coefficient (Wildman–Crippen LogP) is 4.32. The number of hydrogen-bond acceptors (Lipinski definition) is 3. The van der Waals surface area contributed by atoms with Gasteiger partial charge in [0.05, 0.1) is 17.6 Å². The Hall–Kier alpha value is -3.12. The van der Waals surface area contributed by atoms with Crippen molar-refractivity contribution in [1.82, 2.24) is 0 Å². The zero-order valence-electron chi connectivity index (χ0n) is 16.5. The lowest BCUT2D eigenvalue weighted by atomic mass is 10.0. The molecular weight excluding hydrogens is 384 g/mol. The van der Waals surface area contributed by atoms with E-state index in [-0.39, 0.29) is 5.91 Å². The number of benzene rings is 3. The van der Waals surface area contributed by atoms with E-state index in [1.54, 1.807) is 6.07 Å². The summed E-state index contributed by atoms with van der Waals surface area (Å²) in [5.41, 5.74) is 3.86. The third-order valence-electron chi connectivity index (χ3n) is 4.70. The maximum atomic E-state index is 12.6. The first-order valence-corrected chi connectivity index (χ1v) is 11.2. The fourth-order valence-electron chi connectivity index (χ4n) is 3.01. The topological polar surface area (TPSA) is 66.5 Å². The molecule has 3 aromatic carbocycles. The van der Waals surface area contributed by atoms with Crippen molar-refractivity contribution in [3.05, 3.63) is 84.4 Å². The first-order chi connectivity index (χ1) is 13.8. The number of sulfonamides is 1. The summed E-state index contributed by atoms with van der Waals surface area (Å²) in [5.74, 6) is -0.165. The van der Waals surface area contributed by atoms with Gasteiger partial charge in [0.25, 0.3) is 0 Å². The lowest BCUT2D eigenvalue weighted by Gasteiger charge is -2.21. The zero-order chi connectivity index (χ0) is 20.9. The molecule has 1 amide bonds. The highest BCUT2D eigenvalue weighted by Crippen LogP contribution is 2.32. The number of nitrogens with one attached hydrogen (secondary N) is 1. The van der Waals surface area contributed by atoms with E-state index in [9.17, 15) is 13.2 Å². The second-order valence-electron chi connectivity index (χ2n) is 6.86. The number of nitrogens with zero attached hydrogens (tertiary/aromatic N) is 1. The van der Waals surface area contributed by atoms with Gasteiger partial charge >= 0.3 is 0 Å². The van der Waals surface area contributed by atoms with Crippen molar-refractivity contribution < 1.29 is 13.2 Å². The van der Waals surface area contributed by atoms with Crippen molar-refractivity contribution in [2.45, 2.75) is 12.8 Å². The highest BCUT2D eigenvalue weighted by Gasteiger charge is 2.18. The maximum Gasteiger partial charge on any atom is 0.232 e. The van der Waals surface area contributed by atoms with Crippen LogP contribution in [0.2, 0.25) is 0 Å². The molecule has 5 nitrogen and oxygen atoms in total. The van der Waals surface area contributed by atoms with Crippen molar-refractivity contribution in [2.24, 2.45) is 0 Å². The van der Waals surface area contributed by atoms with Gasteiger partial charge in [-0.25, -0.2) is 8.42 Å². The fraction of sp³-hybridized carbons (Fsp3) is 0.174. The van der Waals surface area contributed by atoms with Gasteiger partial charge in [-0.15, -0.1) is 0 Å². The lowest BCUT2D eigenvalue weighted by Crippen LogP contribution is -2.26. The van der Waals surface area contributed by atoms with Gasteiger partial charge in [0.1, 0.15) is 0 Å². The predicted molar refractivity (Wildman–Crippen MR) is 119 cm³/mol. The number of rotatable bonds is 7. The van der Waals surface area contributed by atoms with Gasteiger partial charge in [0.2, 0.25) is 15.9 Å². The number of hydrogen-bond donors (Lipinski definition) is 1. The molecule has 29 heavy (non-hydrogen) atoms. The van der Waals surface area contributed by atoms with E-state index in [0.29, 0.717) is 24.2 Å². The monoisotopic (exact) mass is 408 g/mol. The number of carbonyl (C=O) groups excluding carboxylic acids is 1. The van der Waals surface area contributed by atoms with Gasteiger partial charge in [0, 0.05) is 13.5 Å². The van der Waals surface area contributed by atoms with Crippen LogP contribution < -0.4 is 9.62 Å². The van der Waals surface area contributed by atoms with Crippen LogP contribution in [0, 0.1) is 0 Å². The number of aryl methyl sites for hydroxylation is 1. The van der Waals surface area contributed by atoms with E-state index in [4.69, 9.17) is 0 Å². The van der Waals surface area contributed by atoms with E-state index in [2.05, 4.69) is 5.32 Å². The second-order valence-corrected chi connectivity index (χ2v) is 8.88. The maximum absolute atomic E-state index is 12.6. The summed E-state index contributed by atoms with van der Waals surface area (Å²) >= 11 is 0. The van der Waals surface area contributed by atoms with Crippen LogP contribution in [-0.4, -0.2) is 27.6 Å². The standard InChI is InChI=1S/C23H24N2O3S/c1-25(29(2,27)28)22-15-14-20(19-11-7-4-8-12-19)17-21(22)24-23(26)16-13-18-9-5-3-6-10-18/h3-12,14-15,17H,13,16H2,1-2H3,(H,24,26). The molecule has 0 saturated heterocycles. The molecule has 3 rings (SSSR count).